The number of benzene rings is 1. The van der Waals surface area contributed by atoms with Gasteiger partial charge in [-0.15, -0.1) is 0 Å². The van der Waals surface area contributed by atoms with Gasteiger partial charge in [0, 0.05) is 44.1 Å². The summed E-state index contributed by atoms with van der Waals surface area (Å²) in [5, 5.41) is 0. The summed E-state index contributed by atoms with van der Waals surface area (Å²) in [6, 6.07) is 6.06. The maximum atomic E-state index is 13.5. The molecule has 144 valence electrons. The average molecular weight is 373 g/mol. The molecule has 6 nitrogen and oxygen atoms in total. The summed E-state index contributed by atoms with van der Waals surface area (Å²) in [6.07, 6.45) is 4.78. The normalized spacial score (nSPS) is 14.7. The second-order valence-corrected chi connectivity index (χ2v) is 6.64. The molecule has 0 unspecified atom stereocenters. The topological polar surface area (TPSA) is 65.6 Å². The zero-order valence-electron chi connectivity index (χ0n) is 15.4. The first-order valence-corrected chi connectivity index (χ1v) is 9.06. The third kappa shape index (κ3) is 4.87. The van der Waals surface area contributed by atoms with Crippen molar-refractivity contribution in [1.82, 2.24) is 14.8 Å². The Hall–Kier alpha value is -2.83. The average Bonchev–Trinajstić information content (AvgIpc) is 3.02. The first-order valence-electron chi connectivity index (χ1n) is 9.06. The third-order valence-electron chi connectivity index (χ3n) is 4.80. The molecule has 3 rings (SSSR count). The maximum Gasteiger partial charge on any atom is 0.227 e. The molecule has 0 aliphatic carbocycles. The number of ether oxygens (including phenoxy) is 1. The van der Waals surface area contributed by atoms with Crippen LogP contribution in [0.2, 0.25) is 0 Å². The van der Waals surface area contributed by atoms with Crippen molar-refractivity contribution >= 4 is 11.8 Å². The van der Waals surface area contributed by atoms with E-state index < -0.39 is 5.82 Å². The lowest BCUT2D eigenvalue weighted by Gasteiger charge is -2.22. The number of carbonyl (C=O) groups is 2. The smallest absolute Gasteiger partial charge is 0.227 e. The molecule has 7 heteroatoms. The first kappa shape index (κ1) is 18.9. The minimum atomic E-state index is -0.393. The number of aromatic amines is 1. The van der Waals surface area contributed by atoms with E-state index in [2.05, 4.69) is 4.98 Å². The molecule has 0 radical (unpaired) electrons. The number of nitrogens with one attached hydrogen (secondary N) is 1. The van der Waals surface area contributed by atoms with E-state index in [0.29, 0.717) is 43.9 Å². The number of carbonyl (C=O) groups excluding carboxylic acids is 2. The highest BCUT2D eigenvalue weighted by atomic mass is 19.1. The van der Waals surface area contributed by atoms with Crippen LogP contribution in [0.15, 0.2) is 36.7 Å². The van der Waals surface area contributed by atoms with Crippen molar-refractivity contribution in [2.45, 2.75) is 19.3 Å². The number of hydrogen-bond acceptors (Lipinski definition) is 3. The van der Waals surface area contributed by atoms with Crippen molar-refractivity contribution in [2.24, 2.45) is 0 Å². The highest BCUT2D eigenvalue weighted by Crippen LogP contribution is 2.21. The zero-order valence-corrected chi connectivity index (χ0v) is 15.4. The van der Waals surface area contributed by atoms with Crippen LogP contribution in [0.1, 0.15) is 17.5 Å². The predicted molar refractivity (Wildman–Crippen MR) is 98.9 cm³/mol. The number of nitrogens with zero attached hydrogens (tertiary/aromatic N) is 2. The summed E-state index contributed by atoms with van der Waals surface area (Å²) >= 11 is 0. The number of H-pyrrole nitrogens is 1. The van der Waals surface area contributed by atoms with Crippen LogP contribution in [-0.4, -0.2) is 59.9 Å². The van der Waals surface area contributed by atoms with Crippen molar-refractivity contribution in [2.75, 3.05) is 33.3 Å². The van der Waals surface area contributed by atoms with Gasteiger partial charge in [-0.2, -0.15) is 0 Å². The van der Waals surface area contributed by atoms with E-state index in [9.17, 15) is 14.0 Å². The van der Waals surface area contributed by atoms with Crippen molar-refractivity contribution in [3.8, 4) is 5.75 Å². The van der Waals surface area contributed by atoms with Crippen molar-refractivity contribution in [3.05, 3.63) is 53.6 Å². The van der Waals surface area contributed by atoms with Crippen LogP contribution in [0.3, 0.4) is 0 Å². The lowest BCUT2D eigenvalue weighted by atomic mass is 10.1. The molecule has 0 atom stereocenters. The Morgan fingerprint density at radius 1 is 1.07 bits per heavy atom. The van der Waals surface area contributed by atoms with Crippen LogP contribution in [0.5, 0.6) is 5.75 Å². The molecule has 0 bridgehead atoms. The van der Waals surface area contributed by atoms with Gasteiger partial charge in [-0.1, -0.05) is 0 Å². The van der Waals surface area contributed by atoms with E-state index in [-0.39, 0.29) is 18.2 Å². The van der Waals surface area contributed by atoms with Gasteiger partial charge in [0.1, 0.15) is 11.6 Å². The van der Waals surface area contributed by atoms with Gasteiger partial charge in [0.15, 0.2) is 0 Å². The fraction of sp³-hybridized carbons (Fsp3) is 0.400. The van der Waals surface area contributed by atoms with Gasteiger partial charge in [-0.05, 0) is 36.2 Å². The molecule has 2 aromatic rings. The van der Waals surface area contributed by atoms with E-state index in [1.165, 1.54) is 25.3 Å². The van der Waals surface area contributed by atoms with Crippen molar-refractivity contribution < 1.29 is 18.7 Å². The number of amides is 2. The molecule has 0 saturated carbocycles. The molecule has 1 aliphatic rings. The van der Waals surface area contributed by atoms with Crippen LogP contribution in [0, 0.1) is 5.82 Å². The molecule has 1 aromatic carbocycles. The SMILES string of the molecule is COc1ccc(F)cc1CC(=O)N1CCCN(C(=O)Cc2cc[nH]c2)CC1. The molecular weight excluding hydrogens is 349 g/mol. The van der Waals surface area contributed by atoms with Gasteiger partial charge in [0.2, 0.25) is 11.8 Å². The molecule has 1 aliphatic heterocycles. The molecule has 2 amide bonds. The lowest BCUT2D eigenvalue weighted by Crippen LogP contribution is -2.38. The second kappa shape index (κ2) is 8.70. The molecule has 1 aromatic heterocycles. The molecule has 1 saturated heterocycles. The van der Waals surface area contributed by atoms with Crippen molar-refractivity contribution in [3.63, 3.8) is 0 Å². The molecule has 1 N–H and O–H groups in total. The third-order valence-corrected chi connectivity index (χ3v) is 4.80. The highest BCUT2D eigenvalue weighted by molar-refractivity contribution is 5.80. The monoisotopic (exact) mass is 373 g/mol. The largest absolute Gasteiger partial charge is 0.496 e. The van der Waals surface area contributed by atoms with Crippen LogP contribution < -0.4 is 4.74 Å². The number of aromatic nitrogens is 1. The molecule has 2 heterocycles. The van der Waals surface area contributed by atoms with Gasteiger partial charge >= 0.3 is 0 Å². The molecule has 1 fully saturated rings. The highest BCUT2D eigenvalue weighted by Gasteiger charge is 2.23. The summed E-state index contributed by atoms with van der Waals surface area (Å²) in [5.74, 6) is 0.0911. The summed E-state index contributed by atoms with van der Waals surface area (Å²) in [5.41, 5.74) is 1.49. The fourth-order valence-corrected chi connectivity index (χ4v) is 3.33. The van der Waals surface area contributed by atoms with Crippen LogP contribution in [0.25, 0.3) is 0 Å². The van der Waals surface area contributed by atoms with E-state index in [4.69, 9.17) is 4.74 Å². The summed E-state index contributed by atoms with van der Waals surface area (Å²) in [7, 11) is 1.50. The van der Waals surface area contributed by atoms with E-state index in [0.717, 1.165) is 12.0 Å². The van der Waals surface area contributed by atoms with Gasteiger partial charge in [-0.25, -0.2) is 4.39 Å². The Morgan fingerprint density at radius 2 is 1.78 bits per heavy atom. The standard InChI is InChI=1S/C20H24FN3O3/c1-27-18-4-3-17(21)12-16(18)13-20(26)24-8-2-7-23(9-10-24)19(25)11-15-5-6-22-14-15/h3-6,12,14,22H,2,7-11,13H2,1H3. The summed E-state index contributed by atoms with van der Waals surface area (Å²) in [6.45, 7) is 2.21. The van der Waals surface area contributed by atoms with Gasteiger partial charge in [-0.3, -0.25) is 9.59 Å². The Bertz CT molecular complexity index is 792. The quantitative estimate of drug-likeness (QED) is 0.872. The van der Waals surface area contributed by atoms with Gasteiger partial charge in [0.25, 0.3) is 0 Å². The number of methoxy groups -OCH3 is 1. The van der Waals surface area contributed by atoms with E-state index in [1.54, 1.807) is 11.1 Å². The minimum absolute atomic E-state index is 0.0655. The number of hydrogen-bond donors (Lipinski definition) is 1. The van der Waals surface area contributed by atoms with Gasteiger partial charge in [0.05, 0.1) is 20.0 Å². The van der Waals surface area contributed by atoms with E-state index >= 15 is 0 Å². The maximum absolute atomic E-state index is 13.5. The molecule has 0 spiro atoms. The van der Waals surface area contributed by atoms with Crippen molar-refractivity contribution in [1.29, 1.82) is 0 Å². The second-order valence-electron chi connectivity index (χ2n) is 6.64. The number of rotatable bonds is 5. The fourth-order valence-electron chi connectivity index (χ4n) is 3.33. The Morgan fingerprint density at radius 3 is 2.41 bits per heavy atom. The van der Waals surface area contributed by atoms with Gasteiger partial charge < -0.3 is 19.5 Å². The Balaban J connectivity index is 1.58. The van der Waals surface area contributed by atoms with E-state index in [1.807, 2.05) is 17.2 Å². The first-order chi connectivity index (χ1) is 13.1. The predicted octanol–water partition coefficient (Wildman–Crippen LogP) is 2.01. The summed E-state index contributed by atoms with van der Waals surface area (Å²) < 4.78 is 18.7. The Labute approximate surface area is 157 Å². The molecule has 27 heavy (non-hydrogen) atoms. The number of halogens is 1. The van der Waals surface area contributed by atoms with Crippen LogP contribution in [-0.2, 0) is 22.4 Å². The summed E-state index contributed by atoms with van der Waals surface area (Å²) in [4.78, 5) is 31.6. The minimum Gasteiger partial charge on any atom is -0.496 e. The lowest BCUT2D eigenvalue weighted by molar-refractivity contribution is -0.132. The zero-order chi connectivity index (χ0) is 19.2. The van der Waals surface area contributed by atoms with Crippen LogP contribution >= 0.6 is 0 Å². The molecular formula is C20H24FN3O3. The van der Waals surface area contributed by atoms with Crippen LogP contribution in [0.4, 0.5) is 4.39 Å². The Kier molecular flexibility index (Phi) is 6.11.